The first kappa shape index (κ1) is 20.8. The molecule has 0 saturated carbocycles. The minimum Gasteiger partial charge on any atom is -0.497 e. The zero-order valence-corrected chi connectivity index (χ0v) is 16.7. The lowest BCUT2D eigenvalue weighted by Gasteiger charge is -2.18. The maximum Gasteiger partial charge on any atom is 0.224 e. The van der Waals surface area contributed by atoms with E-state index in [1.807, 2.05) is 36.4 Å². The van der Waals surface area contributed by atoms with E-state index in [1.165, 1.54) is 5.56 Å². The Kier molecular flexibility index (Phi) is 8.14. The number of methoxy groups -OCH3 is 2. The van der Waals surface area contributed by atoms with E-state index in [0.717, 1.165) is 42.4 Å². The van der Waals surface area contributed by atoms with Gasteiger partial charge in [0, 0.05) is 24.7 Å². The Morgan fingerprint density at radius 3 is 2.22 bits per heavy atom. The van der Waals surface area contributed by atoms with E-state index >= 15 is 0 Å². The molecular weight excluding hydrogens is 340 g/mol. The van der Waals surface area contributed by atoms with Gasteiger partial charge in [-0.2, -0.15) is 0 Å². The monoisotopic (exact) mass is 370 g/mol. The van der Waals surface area contributed by atoms with Crippen molar-refractivity contribution in [2.75, 3.05) is 32.6 Å². The predicted molar refractivity (Wildman–Crippen MR) is 110 cm³/mol. The second-order valence-electron chi connectivity index (χ2n) is 6.43. The number of carbonyl (C=O) groups excluding carboxylic acids is 1. The maximum atomic E-state index is 12.4. The second kappa shape index (κ2) is 10.6. The van der Waals surface area contributed by atoms with E-state index < -0.39 is 0 Å². The van der Waals surface area contributed by atoms with Crippen molar-refractivity contribution in [3.05, 3.63) is 53.6 Å². The molecule has 0 atom stereocenters. The Balaban J connectivity index is 1.94. The van der Waals surface area contributed by atoms with Crippen molar-refractivity contribution in [2.24, 2.45) is 0 Å². The highest BCUT2D eigenvalue weighted by Gasteiger charge is 2.08. The number of nitrogens with zero attached hydrogens (tertiary/aromatic N) is 1. The Morgan fingerprint density at radius 2 is 1.63 bits per heavy atom. The van der Waals surface area contributed by atoms with Gasteiger partial charge in [-0.3, -0.25) is 9.69 Å². The average Bonchev–Trinajstić information content (AvgIpc) is 2.70. The third kappa shape index (κ3) is 6.61. The molecule has 146 valence electrons. The molecule has 0 aliphatic heterocycles. The smallest absolute Gasteiger partial charge is 0.224 e. The fourth-order valence-corrected chi connectivity index (χ4v) is 2.94. The average molecular weight is 370 g/mol. The first-order valence-electron chi connectivity index (χ1n) is 9.41. The van der Waals surface area contributed by atoms with E-state index in [2.05, 4.69) is 30.1 Å². The summed E-state index contributed by atoms with van der Waals surface area (Å²) in [5.41, 5.74) is 3.05. The predicted octanol–water partition coefficient (Wildman–Crippen LogP) is 4.12. The largest absolute Gasteiger partial charge is 0.497 e. The van der Waals surface area contributed by atoms with E-state index in [9.17, 15) is 4.79 Å². The fraction of sp³-hybridized carbons (Fsp3) is 0.409. The molecule has 0 heterocycles. The number of hydrogen-bond acceptors (Lipinski definition) is 4. The molecule has 2 aromatic carbocycles. The van der Waals surface area contributed by atoms with Crippen LogP contribution in [-0.4, -0.2) is 38.1 Å². The van der Waals surface area contributed by atoms with Crippen LogP contribution in [0.25, 0.3) is 0 Å². The summed E-state index contributed by atoms with van der Waals surface area (Å²) < 4.78 is 10.6. The molecule has 0 aliphatic carbocycles. The van der Waals surface area contributed by atoms with E-state index in [-0.39, 0.29) is 5.91 Å². The Bertz CT molecular complexity index is 720. The van der Waals surface area contributed by atoms with Gasteiger partial charge in [-0.1, -0.05) is 26.0 Å². The summed E-state index contributed by atoms with van der Waals surface area (Å²) in [7, 11) is 3.24. The highest BCUT2D eigenvalue weighted by molar-refractivity contribution is 5.90. The lowest BCUT2D eigenvalue weighted by Crippen LogP contribution is -2.22. The number of carbonyl (C=O) groups is 1. The molecule has 0 bridgehead atoms. The lowest BCUT2D eigenvalue weighted by molar-refractivity contribution is -0.116. The molecule has 2 rings (SSSR count). The topological polar surface area (TPSA) is 50.8 Å². The third-order valence-corrected chi connectivity index (χ3v) is 4.56. The van der Waals surface area contributed by atoms with Crippen molar-refractivity contribution in [1.29, 1.82) is 0 Å². The number of amides is 1. The summed E-state index contributed by atoms with van der Waals surface area (Å²) in [6.07, 6.45) is 1.02. The van der Waals surface area contributed by atoms with Crippen molar-refractivity contribution in [2.45, 2.75) is 33.2 Å². The van der Waals surface area contributed by atoms with Crippen LogP contribution in [0.5, 0.6) is 11.5 Å². The quantitative estimate of drug-likeness (QED) is 0.684. The molecule has 1 N–H and O–H groups in total. The van der Waals surface area contributed by atoms with Crippen LogP contribution in [0.2, 0.25) is 0 Å². The van der Waals surface area contributed by atoms with E-state index in [0.29, 0.717) is 12.8 Å². The summed E-state index contributed by atoms with van der Waals surface area (Å²) in [4.78, 5) is 14.7. The molecule has 1 amide bonds. The van der Waals surface area contributed by atoms with Gasteiger partial charge < -0.3 is 14.8 Å². The molecule has 5 nitrogen and oxygen atoms in total. The van der Waals surface area contributed by atoms with Gasteiger partial charge in [0.05, 0.1) is 14.2 Å². The standard InChI is InChI=1S/C22H30N2O3/c1-5-24(6-2)16-18-8-7-9-19(12-18)23-22(25)11-10-17-13-20(26-3)15-21(14-17)27-4/h7-9,12-15H,5-6,10-11,16H2,1-4H3,(H,23,25). The Morgan fingerprint density at radius 1 is 0.963 bits per heavy atom. The maximum absolute atomic E-state index is 12.4. The van der Waals surface area contributed by atoms with Gasteiger partial charge in [0.25, 0.3) is 0 Å². The van der Waals surface area contributed by atoms with Gasteiger partial charge in [0.2, 0.25) is 5.91 Å². The van der Waals surface area contributed by atoms with Crippen molar-refractivity contribution >= 4 is 11.6 Å². The zero-order valence-electron chi connectivity index (χ0n) is 16.7. The van der Waals surface area contributed by atoms with Crippen molar-refractivity contribution in [3.8, 4) is 11.5 Å². The molecular formula is C22H30N2O3. The molecule has 0 unspecified atom stereocenters. The number of benzene rings is 2. The van der Waals surface area contributed by atoms with Crippen LogP contribution in [0.1, 0.15) is 31.4 Å². The van der Waals surface area contributed by atoms with Gasteiger partial charge >= 0.3 is 0 Å². The second-order valence-corrected chi connectivity index (χ2v) is 6.43. The van der Waals surface area contributed by atoms with Crippen LogP contribution in [0.3, 0.4) is 0 Å². The third-order valence-electron chi connectivity index (χ3n) is 4.56. The number of anilines is 1. The van der Waals surface area contributed by atoms with Crippen molar-refractivity contribution in [3.63, 3.8) is 0 Å². The summed E-state index contributed by atoms with van der Waals surface area (Å²) in [5.74, 6) is 1.46. The van der Waals surface area contributed by atoms with Crippen LogP contribution < -0.4 is 14.8 Å². The van der Waals surface area contributed by atoms with E-state index in [1.54, 1.807) is 14.2 Å². The molecule has 0 fully saturated rings. The first-order valence-corrected chi connectivity index (χ1v) is 9.41. The van der Waals surface area contributed by atoms with Crippen molar-refractivity contribution in [1.82, 2.24) is 4.90 Å². The van der Waals surface area contributed by atoms with Gasteiger partial charge in [-0.05, 0) is 54.9 Å². The number of hydrogen-bond donors (Lipinski definition) is 1. The van der Waals surface area contributed by atoms with Gasteiger partial charge in [0.15, 0.2) is 0 Å². The van der Waals surface area contributed by atoms with Gasteiger partial charge in [-0.15, -0.1) is 0 Å². The SMILES string of the molecule is CCN(CC)Cc1cccc(NC(=O)CCc2cc(OC)cc(OC)c2)c1. The Hall–Kier alpha value is -2.53. The summed E-state index contributed by atoms with van der Waals surface area (Å²) in [6, 6.07) is 13.7. The molecule has 0 aromatic heterocycles. The number of aryl methyl sites for hydroxylation is 1. The van der Waals surface area contributed by atoms with Gasteiger partial charge in [0.1, 0.15) is 11.5 Å². The minimum absolute atomic E-state index is 0.00299. The van der Waals surface area contributed by atoms with Gasteiger partial charge in [-0.25, -0.2) is 0 Å². The van der Waals surface area contributed by atoms with Crippen LogP contribution in [0, 0.1) is 0 Å². The molecule has 2 aromatic rings. The fourth-order valence-electron chi connectivity index (χ4n) is 2.94. The molecule has 0 aliphatic rings. The zero-order chi connectivity index (χ0) is 19.6. The molecule has 0 spiro atoms. The summed E-state index contributed by atoms with van der Waals surface area (Å²) in [5, 5.41) is 3.00. The van der Waals surface area contributed by atoms with Crippen LogP contribution in [-0.2, 0) is 17.8 Å². The van der Waals surface area contributed by atoms with Crippen molar-refractivity contribution < 1.29 is 14.3 Å². The summed E-state index contributed by atoms with van der Waals surface area (Å²) >= 11 is 0. The molecule has 27 heavy (non-hydrogen) atoms. The number of rotatable bonds is 10. The van der Waals surface area contributed by atoms with E-state index in [4.69, 9.17) is 9.47 Å². The lowest BCUT2D eigenvalue weighted by atomic mass is 10.1. The first-order chi connectivity index (χ1) is 13.1. The molecule has 5 heteroatoms. The highest BCUT2D eigenvalue weighted by Crippen LogP contribution is 2.23. The summed E-state index contributed by atoms with van der Waals surface area (Å²) in [6.45, 7) is 7.22. The number of nitrogens with one attached hydrogen (secondary N) is 1. The van der Waals surface area contributed by atoms with Crippen LogP contribution in [0.15, 0.2) is 42.5 Å². The van der Waals surface area contributed by atoms with Crippen LogP contribution in [0.4, 0.5) is 5.69 Å². The minimum atomic E-state index is -0.00299. The highest BCUT2D eigenvalue weighted by atomic mass is 16.5. The Labute approximate surface area is 162 Å². The normalized spacial score (nSPS) is 10.7. The van der Waals surface area contributed by atoms with Crippen LogP contribution >= 0.6 is 0 Å². The molecule has 0 saturated heterocycles. The molecule has 0 radical (unpaired) electrons. The number of ether oxygens (including phenoxy) is 2.